The van der Waals surface area contributed by atoms with Gasteiger partial charge < -0.3 is 19.5 Å². The number of ketones is 1. The molecule has 1 N–H and O–H groups in total. The zero-order chi connectivity index (χ0) is 24.6. The molecular formula is C28H33NO5. The summed E-state index contributed by atoms with van der Waals surface area (Å²) in [5, 5.41) is 11.5. The Labute approximate surface area is 201 Å². The van der Waals surface area contributed by atoms with E-state index in [1.54, 1.807) is 11.0 Å². The molecule has 34 heavy (non-hydrogen) atoms. The molecular weight excluding hydrogens is 430 g/mol. The molecule has 1 atom stereocenters. The SMILES string of the molecule is COc1c(C)cc(C)cc1/C(O)=C1\C(=O)C(=O)N(C2CCCC2)C1c1cccc(OC(C)C)c1. The minimum atomic E-state index is -0.690. The van der Waals surface area contributed by atoms with Crippen LogP contribution in [0.1, 0.15) is 67.8 Å². The molecule has 0 radical (unpaired) electrons. The van der Waals surface area contributed by atoms with Crippen LogP contribution in [-0.4, -0.2) is 41.0 Å². The van der Waals surface area contributed by atoms with E-state index < -0.39 is 17.7 Å². The predicted molar refractivity (Wildman–Crippen MR) is 131 cm³/mol. The van der Waals surface area contributed by atoms with Crippen LogP contribution in [0.4, 0.5) is 0 Å². The Morgan fingerprint density at radius 3 is 2.44 bits per heavy atom. The fourth-order valence-corrected chi connectivity index (χ4v) is 5.31. The summed E-state index contributed by atoms with van der Waals surface area (Å²) in [5.74, 6) is -0.273. The molecule has 1 heterocycles. The van der Waals surface area contributed by atoms with Gasteiger partial charge in [0, 0.05) is 6.04 Å². The van der Waals surface area contributed by atoms with E-state index in [-0.39, 0.29) is 23.5 Å². The molecule has 2 aliphatic rings. The number of likely N-dealkylation sites (tertiary alicyclic amines) is 1. The van der Waals surface area contributed by atoms with E-state index in [0.717, 1.165) is 42.4 Å². The average Bonchev–Trinajstić information content (AvgIpc) is 3.39. The summed E-state index contributed by atoms with van der Waals surface area (Å²) in [6, 6.07) is 10.5. The Hall–Kier alpha value is -3.28. The Morgan fingerprint density at radius 2 is 1.79 bits per heavy atom. The maximum absolute atomic E-state index is 13.4. The number of carbonyl (C=O) groups excluding carboxylic acids is 2. The number of carbonyl (C=O) groups is 2. The number of hydrogen-bond acceptors (Lipinski definition) is 5. The molecule has 2 aromatic rings. The molecule has 2 aromatic carbocycles. The van der Waals surface area contributed by atoms with Gasteiger partial charge in [-0.15, -0.1) is 0 Å². The summed E-state index contributed by atoms with van der Waals surface area (Å²) in [7, 11) is 1.54. The number of aliphatic hydroxyl groups is 1. The number of aryl methyl sites for hydroxylation is 2. The van der Waals surface area contributed by atoms with Crippen molar-refractivity contribution in [2.24, 2.45) is 0 Å². The van der Waals surface area contributed by atoms with Gasteiger partial charge >= 0.3 is 0 Å². The lowest BCUT2D eigenvalue weighted by Gasteiger charge is -2.31. The maximum Gasteiger partial charge on any atom is 0.295 e. The highest BCUT2D eigenvalue weighted by Gasteiger charge is 2.49. The zero-order valence-corrected chi connectivity index (χ0v) is 20.6. The van der Waals surface area contributed by atoms with E-state index in [2.05, 4.69) is 0 Å². The summed E-state index contributed by atoms with van der Waals surface area (Å²) in [5.41, 5.74) is 3.03. The average molecular weight is 464 g/mol. The van der Waals surface area contributed by atoms with Crippen LogP contribution in [0.25, 0.3) is 5.76 Å². The topological polar surface area (TPSA) is 76.1 Å². The summed E-state index contributed by atoms with van der Waals surface area (Å²) in [6.07, 6.45) is 3.71. The van der Waals surface area contributed by atoms with Gasteiger partial charge in [-0.05, 0) is 75.4 Å². The fourth-order valence-electron chi connectivity index (χ4n) is 5.31. The van der Waals surface area contributed by atoms with Crippen LogP contribution in [0.15, 0.2) is 42.0 Å². The van der Waals surface area contributed by atoms with Gasteiger partial charge in [0.25, 0.3) is 11.7 Å². The summed E-state index contributed by atoms with van der Waals surface area (Å²) in [6.45, 7) is 7.71. The first-order valence-corrected chi connectivity index (χ1v) is 11.9. The molecule has 0 bridgehead atoms. The van der Waals surface area contributed by atoms with E-state index in [4.69, 9.17) is 9.47 Å². The van der Waals surface area contributed by atoms with Crippen molar-refractivity contribution in [2.45, 2.75) is 71.6 Å². The standard InChI is InChI=1S/C28H33NO5/c1-16(2)34-21-12-8-9-19(15-21)24-23(26(31)28(32)29(24)20-10-6-7-11-20)25(30)22-14-17(3)13-18(4)27(22)33-5/h8-9,12-16,20,24,30H,6-7,10-11H2,1-5H3/b25-23+. The predicted octanol–water partition coefficient (Wildman–Crippen LogP) is 5.46. The highest BCUT2D eigenvalue weighted by molar-refractivity contribution is 6.46. The van der Waals surface area contributed by atoms with Crippen LogP contribution in [-0.2, 0) is 9.59 Å². The lowest BCUT2D eigenvalue weighted by Crippen LogP contribution is -2.37. The highest BCUT2D eigenvalue weighted by Crippen LogP contribution is 2.45. The molecule has 6 heteroatoms. The molecule has 2 fully saturated rings. The highest BCUT2D eigenvalue weighted by atomic mass is 16.5. The van der Waals surface area contributed by atoms with Crippen LogP contribution in [0.5, 0.6) is 11.5 Å². The smallest absolute Gasteiger partial charge is 0.295 e. The van der Waals surface area contributed by atoms with Gasteiger partial charge in [0.05, 0.1) is 30.4 Å². The number of Topliss-reactive ketones (excluding diaryl/α,β-unsaturated/α-hetero) is 1. The minimum absolute atomic E-state index is 0.0176. The van der Waals surface area contributed by atoms with Crippen LogP contribution in [0.3, 0.4) is 0 Å². The van der Waals surface area contributed by atoms with Crippen LogP contribution in [0, 0.1) is 13.8 Å². The molecule has 1 unspecified atom stereocenters. The second-order valence-electron chi connectivity index (χ2n) is 9.55. The Morgan fingerprint density at radius 1 is 1.09 bits per heavy atom. The molecule has 1 aliphatic heterocycles. The van der Waals surface area contributed by atoms with E-state index in [1.165, 1.54) is 7.11 Å². The molecule has 180 valence electrons. The number of hydrogen-bond donors (Lipinski definition) is 1. The number of ether oxygens (including phenoxy) is 2. The second kappa shape index (κ2) is 9.53. The Bertz CT molecular complexity index is 1140. The molecule has 4 rings (SSSR count). The normalized spacial score (nSPS) is 20.4. The van der Waals surface area contributed by atoms with Crippen molar-refractivity contribution < 1.29 is 24.2 Å². The molecule has 6 nitrogen and oxygen atoms in total. The quantitative estimate of drug-likeness (QED) is 0.350. The lowest BCUT2D eigenvalue weighted by atomic mass is 9.93. The van der Waals surface area contributed by atoms with Crippen molar-refractivity contribution in [2.75, 3.05) is 7.11 Å². The largest absolute Gasteiger partial charge is 0.507 e. The first-order valence-electron chi connectivity index (χ1n) is 11.9. The van der Waals surface area contributed by atoms with E-state index in [1.807, 2.05) is 58.0 Å². The number of rotatable bonds is 6. The van der Waals surface area contributed by atoms with Crippen molar-refractivity contribution in [3.8, 4) is 11.5 Å². The minimum Gasteiger partial charge on any atom is -0.507 e. The number of aliphatic hydroxyl groups excluding tert-OH is 1. The Kier molecular flexibility index (Phi) is 6.69. The number of benzene rings is 2. The van der Waals surface area contributed by atoms with Crippen molar-refractivity contribution in [1.82, 2.24) is 4.90 Å². The number of methoxy groups -OCH3 is 1. The van der Waals surface area contributed by atoms with Crippen molar-refractivity contribution in [3.05, 3.63) is 64.2 Å². The molecule has 0 spiro atoms. The summed E-state index contributed by atoms with van der Waals surface area (Å²) < 4.78 is 11.5. The second-order valence-corrected chi connectivity index (χ2v) is 9.55. The van der Waals surface area contributed by atoms with Gasteiger partial charge in [0.1, 0.15) is 17.3 Å². The molecule has 1 saturated heterocycles. The van der Waals surface area contributed by atoms with E-state index in [9.17, 15) is 14.7 Å². The monoisotopic (exact) mass is 463 g/mol. The van der Waals surface area contributed by atoms with Crippen molar-refractivity contribution in [1.29, 1.82) is 0 Å². The van der Waals surface area contributed by atoms with Gasteiger partial charge in [-0.3, -0.25) is 9.59 Å². The van der Waals surface area contributed by atoms with Gasteiger partial charge in [-0.1, -0.05) is 31.0 Å². The first kappa shape index (κ1) is 23.9. The molecule has 1 saturated carbocycles. The number of nitrogens with zero attached hydrogens (tertiary/aromatic N) is 1. The van der Waals surface area contributed by atoms with E-state index >= 15 is 0 Å². The van der Waals surface area contributed by atoms with Crippen molar-refractivity contribution >= 4 is 17.4 Å². The summed E-state index contributed by atoms with van der Waals surface area (Å²) >= 11 is 0. The van der Waals surface area contributed by atoms with Gasteiger partial charge in [0.2, 0.25) is 0 Å². The molecule has 1 aliphatic carbocycles. The van der Waals surface area contributed by atoms with Gasteiger partial charge in [-0.2, -0.15) is 0 Å². The summed E-state index contributed by atoms with van der Waals surface area (Å²) in [4.78, 5) is 28.4. The first-order chi connectivity index (χ1) is 16.2. The van der Waals surface area contributed by atoms with E-state index in [0.29, 0.717) is 17.1 Å². The number of amides is 1. The third kappa shape index (κ3) is 4.29. The maximum atomic E-state index is 13.4. The van der Waals surface area contributed by atoms with Crippen LogP contribution >= 0.6 is 0 Å². The molecule has 0 aromatic heterocycles. The zero-order valence-electron chi connectivity index (χ0n) is 20.6. The fraction of sp³-hybridized carbons (Fsp3) is 0.429. The van der Waals surface area contributed by atoms with Crippen LogP contribution in [0.2, 0.25) is 0 Å². The lowest BCUT2D eigenvalue weighted by molar-refractivity contribution is -0.141. The third-order valence-electron chi connectivity index (χ3n) is 6.62. The van der Waals surface area contributed by atoms with Crippen molar-refractivity contribution in [3.63, 3.8) is 0 Å². The van der Waals surface area contributed by atoms with Gasteiger partial charge in [0.15, 0.2) is 0 Å². The van der Waals surface area contributed by atoms with Gasteiger partial charge in [-0.25, -0.2) is 0 Å². The molecule has 1 amide bonds. The Balaban J connectivity index is 1.93. The third-order valence-corrected chi connectivity index (χ3v) is 6.62. The van der Waals surface area contributed by atoms with Crippen LogP contribution < -0.4 is 9.47 Å².